The van der Waals surface area contributed by atoms with E-state index < -0.39 is 0 Å². The van der Waals surface area contributed by atoms with Gasteiger partial charge in [0.25, 0.3) is 0 Å². The molecule has 0 atom stereocenters. The van der Waals surface area contributed by atoms with E-state index in [2.05, 4.69) is 10.9 Å². The number of hydrogen-bond acceptors (Lipinski definition) is 1. The third-order valence-corrected chi connectivity index (χ3v) is 2.14. The molecule has 2 rings (SSSR count). The van der Waals surface area contributed by atoms with E-state index in [4.69, 9.17) is 11.8 Å². The van der Waals surface area contributed by atoms with E-state index in [0.29, 0.717) is 11.3 Å². The van der Waals surface area contributed by atoms with Crippen molar-refractivity contribution in [1.29, 1.82) is 5.26 Å². The van der Waals surface area contributed by atoms with Crippen LogP contribution >= 0.6 is 0 Å². The Morgan fingerprint density at radius 3 is 2.43 bits per heavy atom. The van der Waals surface area contributed by atoms with Crippen molar-refractivity contribution in [3.63, 3.8) is 0 Å². The molecule has 0 bridgehead atoms. The van der Waals surface area contributed by atoms with Crippen molar-refractivity contribution in [1.82, 2.24) is 0 Å². The lowest BCUT2D eigenvalue weighted by atomic mass is 10.0. The number of rotatable bonds is 0. The fraction of sp³-hybridized carbons (Fsp3) is 0. The van der Waals surface area contributed by atoms with Crippen LogP contribution in [-0.2, 0) is 0 Å². The second-order valence-corrected chi connectivity index (χ2v) is 2.90. The Morgan fingerprint density at radius 1 is 1.07 bits per heavy atom. The summed E-state index contributed by atoms with van der Waals surface area (Å²) in [6.07, 6.45) is 0. The minimum Gasteiger partial charge on any atom is -0.238 e. The summed E-state index contributed by atoms with van der Waals surface area (Å²) >= 11 is 0. The van der Waals surface area contributed by atoms with Crippen molar-refractivity contribution in [3.05, 3.63) is 53.4 Å². The molecule has 0 spiro atoms. The summed E-state index contributed by atoms with van der Waals surface area (Å²) in [5, 5.41) is 10.6. The predicted molar refractivity (Wildman–Crippen MR) is 54.9 cm³/mol. The molecule has 0 saturated heterocycles. The van der Waals surface area contributed by atoms with E-state index in [1.807, 2.05) is 24.3 Å². The molecule has 2 heteroatoms. The van der Waals surface area contributed by atoms with Gasteiger partial charge in [0.15, 0.2) is 5.69 Å². The molecule has 0 aliphatic heterocycles. The molecule has 0 radical (unpaired) electrons. The highest BCUT2D eigenvalue weighted by atomic mass is 14.6. The van der Waals surface area contributed by atoms with E-state index in [9.17, 15) is 0 Å². The zero-order valence-electron chi connectivity index (χ0n) is 7.36. The molecule has 0 heterocycles. The van der Waals surface area contributed by atoms with Crippen LogP contribution in [0.15, 0.2) is 36.4 Å². The van der Waals surface area contributed by atoms with Crippen LogP contribution < -0.4 is 0 Å². The summed E-state index contributed by atoms with van der Waals surface area (Å²) in [5.74, 6) is 0. The van der Waals surface area contributed by atoms with Gasteiger partial charge in [-0.15, -0.1) is 0 Å². The number of nitrogens with zero attached hydrogens (tertiary/aromatic N) is 2. The zero-order chi connectivity index (χ0) is 9.97. The molecule has 2 aromatic carbocycles. The van der Waals surface area contributed by atoms with Gasteiger partial charge in [-0.2, -0.15) is 5.26 Å². The van der Waals surface area contributed by atoms with E-state index >= 15 is 0 Å². The molecule has 2 nitrogen and oxygen atoms in total. The van der Waals surface area contributed by atoms with Crippen LogP contribution in [0, 0.1) is 17.9 Å². The van der Waals surface area contributed by atoms with E-state index in [1.165, 1.54) is 0 Å². The van der Waals surface area contributed by atoms with Gasteiger partial charge in [-0.1, -0.05) is 36.4 Å². The zero-order valence-corrected chi connectivity index (χ0v) is 7.36. The molecule has 0 aliphatic carbocycles. The standard InChI is InChI=1S/C12H6N2/c1-14-12-7-6-9(8-13)10-4-2-3-5-11(10)12/h2-7H. The van der Waals surface area contributed by atoms with Crippen LogP contribution in [0.4, 0.5) is 5.69 Å². The smallest absolute Gasteiger partial charge is 0.194 e. The maximum Gasteiger partial charge on any atom is 0.194 e. The molecular weight excluding hydrogens is 172 g/mol. The first-order valence-corrected chi connectivity index (χ1v) is 4.16. The van der Waals surface area contributed by atoms with Crippen molar-refractivity contribution >= 4 is 16.5 Å². The lowest BCUT2D eigenvalue weighted by Crippen LogP contribution is -1.78. The maximum atomic E-state index is 8.87. The second-order valence-electron chi connectivity index (χ2n) is 2.90. The van der Waals surface area contributed by atoms with Crippen molar-refractivity contribution < 1.29 is 0 Å². The van der Waals surface area contributed by atoms with Crippen molar-refractivity contribution in [2.45, 2.75) is 0 Å². The quantitative estimate of drug-likeness (QED) is 0.569. The molecule has 64 valence electrons. The minimum atomic E-state index is 0.597. The van der Waals surface area contributed by atoms with Crippen LogP contribution in [0.3, 0.4) is 0 Å². The number of nitriles is 1. The molecule has 2 aromatic rings. The summed E-state index contributed by atoms with van der Waals surface area (Å²) in [6.45, 7) is 7.00. The Morgan fingerprint density at radius 2 is 1.79 bits per heavy atom. The minimum absolute atomic E-state index is 0.597. The highest BCUT2D eigenvalue weighted by Gasteiger charge is 2.03. The van der Waals surface area contributed by atoms with Crippen molar-refractivity contribution in [2.75, 3.05) is 0 Å². The summed E-state index contributed by atoms with van der Waals surface area (Å²) in [6, 6.07) is 13.0. The predicted octanol–water partition coefficient (Wildman–Crippen LogP) is 3.26. The Balaban J connectivity index is 2.96. The molecular formula is C12H6N2. The topological polar surface area (TPSA) is 28.1 Å². The Hall–Kier alpha value is -2.32. The fourth-order valence-electron chi connectivity index (χ4n) is 1.48. The first-order valence-electron chi connectivity index (χ1n) is 4.16. The van der Waals surface area contributed by atoms with Gasteiger partial charge in [0, 0.05) is 0 Å². The second kappa shape index (κ2) is 3.20. The van der Waals surface area contributed by atoms with Gasteiger partial charge in [-0.05, 0) is 10.8 Å². The van der Waals surface area contributed by atoms with Gasteiger partial charge in [0.2, 0.25) is 0 Å². The molecule has 0 aromatic heterocycles. The third kappa shape index (κ3) is 1.11. The van der Waals surface area contributed by atoms with Gasteiger partial charge in [-0.25, -0.2) is 4.85 Å². The molecule has 0 saturated carbocycles. The molecule has 0 N–H and O–H groups in total. The largest absolute Gasteiger partial charge is 0.238 e. The van der Waals surface area contributed by atoms with E-state index in [-0.39, 0.29) is 0 Å². The van der Waals surface area contributed by atoms with Crippen LogP contribution in [-0.4, -0.2) is 0 Å². The number of hydrogen-bond donors (Lipinski definition) is 0. The normalized spacial score (nSPS) is 9.29. The number of benzene rings is 2. The monoisotopic (exact) mass is 178 g/mol. The van der Waals surface area contributed by atoms with Crippen molar-refractivity contribution in [3.8, 4) is 6.07 Å². The highest BCUT2D eigenvalue weighted by molar-refractivity contribution is 5.97. The van der Waals surface area contributed by atoms with Crippen LogP contribution in [0.25, 0.3) is 15.6 Å². The summed E-state index contributed by atoms with van der Waals surface area (Å²) in [4.78, 5) is 3.41. The van der Waals surface area contributed by atoms with Gasteiger partial charge in [0.1, 0.15) is 0 Å². The Kier molecular flexibility index (Phi) is 1.89. The summed E-state index contributed by atoms with van der Waals surface area (Å²) in [5.41, 5.74) is 1.22. The van der Waals surface area contributed by atoms with Crippen LogP contribution in [0.1, 0.15) is 5.56 Å². The van der Waals surface area contributed by atoms with Gasteiger partial charge in [-0.3, -0.25) is 0 Å². The lowest BCUT2D eigenvalue weighted by Gasteiger charge is -2.00. The first kappa shape index (κ1) is 8.29. The summed E-state index contributed by atoms with van der Waals surface area (Å²) < 4.78 is 0. The summed E-state index contributed by atoms with van der Waals surface area (Å²) in [7, 11) is 0. The van der Waals surface area contributed by atoms with E-state index in [1.54, 1.807) is 12.1 Å². The molecule has 0 fully saturated rings. The average molecular weight is 178 g/mol. The van der Waals surface area contributed by atoms with Gasteiger partial charge < -0.3 is 0 Å². The maximum absolute atomic E-state index is 8.87. The first-order chi connectivity index (χ1) is 6.86. The third-order valence-electron chi connectivity index (χ3n) is 2.14. The van der Waals surface area contributed by atoms with Crippen LogP contribution in [0.2, 0.25) is 0 Å². The Bertz CT molecular complexity index is 518. The van der Waals surface area contributed by atoms with E-state index in [0.717, 1.165) is 10.8 Å². The number of fused-ring (bicyclic) bond motifs is 1. The lowest BCUT2D eigenvalue weighted by molar-refractivity contribution is 1.50. The molecule has 0 aliphatic rings. The highest BCUT2D eigenvalue weighted by Crippen LogP contribution is 2.28. The average Bonchev–Trinajstić information content (AvgIpc) is 2.27. The Labute approximate surface area is 81.8 Å². The van der Waals surface area contributed by atoms with Crippen molar-refractivity contribution in [2.24, 2.45) is 0 Å². The fourth-order valence-corrected chi connectivity index (χ4v) is 1.48. The van der Waals surface area contributed by atoms with Crippen LogP contribution in [0.5, 0.6) is 0 Å². The molecule has 14 heavy (non-hydrogen) atoms. The van der Waals surface area contributed by atoms with Gasteiger partial charge >= 0.3 is 0 Å². The molecule has 0 unspecified atom stereocenters. The SMILES string of the molecule is [C-]#[N+]c1ccc(C#N)c2ccccc12. The molecule has 0 amide bonds. The van der Waals surface area contributed by atoms with Gasteiger partial charge in [0.05, 0.1) is 18.2 Å².